The maximum absolute atomic E-state index is 12.4. The Morgan fingerprint density at radius 2 is 1.87 bits per heavy atom. The normalized spacial score (nSPS) is 21.7. The summed E-state index contributed by atoms with van der Waals surface area (Å²) in [5.74, 6) is 0.232. The number of benzene rings is 1. The molecule has 1 aliphatic heterocycles. The van der Waals surface area contributed by atoms with Crippen LogP contribution in [0.2, 0.25) is 0 Å². The third kappa shape index (κ3) is 6.64. The van der Waals surface area contributed by atoms with Crippen molar-refractivity contribution in [3.05, 3.63) is 42.5 Å². The maximum atomic E-state index is 12.4. The second-order valence-corrected chi connectivity index (χ2v) is 11.3. The second kappa shape index (κ2) is 11.8. The number of nitrogens with one attached hydrogen (secondary N) is 2. The van der Waals surface area contributed by atoms with Crippen molar-refractivity contribution in [2.24, 2.45) is 0 Å². The van der Waals surface area contributed by atoms with E-state index < -0.39 is 24.5 Å². The van der Waals surface area contributed by atoms with Crippen LogP contribution in [0.15, 0.2) is 36.9 Å². The zero-order valence-corrected chi connectivity index (χ0v) is 23.2. The number of hydrogen-bond acceptors (Lipinski definition) is 9. The third-order valence-corrected chi connectivity index (χ3v) is 7.06. The molecule has 1 saturated heterocycles. The van der Waals surface area contributed by atoms with Gasteiger partial charge in [0.05, 0.1) is 6.33 Å². The summed E-state index contributed by atoms with van der Waals surface area (Å²) in [4.78, 5) is 26.9. The van der Waals surface area contributed by atoms with E-state index in [1.54, 1.807) is 4.57 Å². The molecule has 0 radical (unpaired) electrons. The first-order chi connectivity index (χ1) is 18.5. The number of ether oxygens (including phenoxy) is 1. The van der Waals surface area contributed by atoms with Crippen molar-refractivity contribution >= 4 is 28.7 Å². The Labute approximate surface area is 228 Å². The number of fused-ring (bicyclic) bond motifs is 1. The van der Waals surface area contributed by atoms with Gasteiger partial charge in [-0.25, -0.2) is 19.7 Å². The molecule has 4 rings (SSSR count). The molecule has 12 nitrogen and oxygen atoms in total. The van der Waals surface area contributed by atoms with E-state index in [-0.39, 0.29) is 23.3 Å². The van der Waals surface area contributed by atoms with Crippen molar-refractivity contribution in [3.63, 3.8) is 0 Å². The average Bonchev–Trinajstić information content (AvgIpc) is 3.42. The number of nitrogen functional groups attached to an aromatic ring is 1. The van der Waals surface area contributed by atoms with Crippen LogP contribution in [0.3, 0.4) is 0 Å². The predicted molar refractivity (Wildman–Crippen MR) is 149 cm³/mol. The number of carbonyl (C=O) groups excluding carboxylic acids is 1. The van der Waals surface area contributed by atoms with E-state index >= 15 is 0 Å². The number of imidazole rings is 1. The summed E-state index contributed by atoms with van der Waals surface area (Å²) in [6.07, 6.45) is -0.248. The lowest BCUT2D eigenvalue weighted by Crippen LogP contribution is -2.44. The first-order valence-electron chi connectivity index (χ1n) is 13.3. The van der Waals surface area contributed by atoms with Gasteiger partial charge in [-0.3, -0.25) is 9.47 Å². The first kappa shape index (κ1) is 28.7. The van der Waals surface area contributed by atoms with Gasteiger partial charge >= 0.3 is 6.03 Å². The Bertz CT molecular complexity index is 1260. The fourth-order valence-corrected chi connectivity index (χ4v) is 4.67. The van der Waals surface area contributed by atoms with Crippen molar-refractivity contribution < 1.29 is 19.7 Å². The number of aromatic nitrogens is 4. The number of nitrogens with two attached hydrogens (primary N) is 1. The van der Waals surface area contributed by atoms with E-state index in [0.29, 0.717) is 37.2 Å². The van der Waals surface area contributed by atoms with Crippen LogP contribution in [0.1, 0.15) is 52.8 Å². The largest absolute Gasteiger partial charge is 0.387 e. The molecule has 212 valence electrons. The molecule has 3 heterocycles. The summed E-state index contributed by atoms with van der Waals surface area (Å²) in [7, 11) is 0. The quantitative estimate of drug-likeness (QED) is 0.256. The van der Waals surface area contributed by atoms with Gasteiger partial charge in [-0.1, -0.05) is 32.9 Å². The van der Waals surface area contributed by atoms with E-state index in [1.807, 2.05) is 24.3 Å². The van der Waals surface area contributed by atoms with Gasteiger partial charge in [0.1, 0.15) is 30.2 Å². The van der Waals surface area contributed by atoms with Gasteiger partial charge in [-0.2, -0.15) is 0 Å². The standard InChI is InChI=1S/C27H40N8O4/c1-16(2)34(12-6-11-29-26(38)33-18-9-7-17(8-10-18)27(3,4)5)13-19-21(36)22(37)25(39-19)35-15-32-20-23(28)30-14-31-24(20)35/h7-10,14-16,19,21-22,25,36-37H,6,11-13H2,1-5H3,(H2,28,30,31)(H2,29,33,38). The first-order valence-corrected chi connectivity index (χ1v) is 13.3. The SMILES string of the molecule is CC(C)N(CCCNC(=O)Nc1ccc(C(C)(C)C)cc1)CC1OC(n2cnc3c(N)ncnc32)C(O)C1O. The molecule has 1 aromatic carbocycles. The maximum Gasteiger partial charge on any atom is 0.319 e. The van der Waals surface area contributed by atoms with Crippen LogP contribution in [0, 0.1) is 0 Å². The highest BCUT2D eigenvalue weighted by Gasteiger charge is 2.45. The van der Waals surface area contributed by atoms with Gasteiger partial charge in [-0.15, -0.1) is 0 Å². The summed E-state index contributed by atoms with van der Waals surface area (Å²) >= 11 is 0. The summed E-state index contributed by atoms with van der Waals surface area (Å²) in [5, 5.41) is 27.3. The molecule has 6 N–H and O–H groups in total. The van der Waals surface area contributed by atoms with Gasteiger partial charge in [0.2, 0.25) is 0 Å². The van der Waals surface area contributed by atoms with Crippen LogP contribution in [-0.2, 0) is 10.2 Å². The fraction of sp³-hybridized carbons (Fsp3) is 0.556. The summed E-state index contributed by atoms with van der Waals surface area (Å²) in [6, 6.07) is 7.76. The number of nitrogens with zero attached hydrogens (tertiary/aromatic N) is 5. The number of urea groups is 1. The van der Waals surface area contributed by atoms with Crippen molar-refractivity contribution in [2.75, 3.05) is 30.7 Å². The molecule has 2 amide bonds. The molecule has 12 heteroatoms. The van der Waals surface area contributed by atoms with Gasteiger partial charge in [0, 0.05) is 31.4 Å². The molecule has 4 atom stereocenters. The zero-order chi connectivity index (χ0) is 28.3. The lowest BCUT2D eigenvalue weighted by molar-refractivity contribution is -0.0468. The Morgan fingerprint density at radius 3 is 2.54 bits per heavy atom. The minimum absolute atomic E-state index is 0.0546. The van der Waals surface area contributed by atoms with Crippen molar-refractivity contribution in [2.45, 2.75) is 77.0 Å². The Morgan fingerprint density at radius 1 is 1.15 bits per heavy atom. The Kier molecular flexibility index (Phi) is 8.70. The summed E-state index contributed by atoms with van der Waals surface area (Å²) < 4.78 is 7.67. The number of amides is 2. The summed E-state index contributed by atoms with van der Waals surface area (Å²) in [5.41, 5.74) is 8.71. The van der Waals surface area contributed by atoms with Gasteiger partial charge in [-0.05, 0) is 43.4 Å². The topological polar surface area (TPSA) is 164 Å². The van der Waals surface area contributed by atoms with Gasteiger partial charge < -0.3 is 31.3 Å². The molecular weight excluding hydrogens is 500 g/mol. The Hall–Kier alpha value is -3.32. The average molecular weight is 541 g/mol. The molecule has 0 saturated carbocycles. The molecule has 1 aliphatic rings. The number of rotatable bonds is 9. The van der Waals surface area contributed by atoms with Crippen LogP contribution in [0.4, 0.5) is 16.3 Å². The molecule has 0 spiro atoms. The van der Waals surface area contributed by atoms with Gasteiger partial charge in [0.25, 0.3) is 0 Å². The molecule has 4 unspecified atom stereocenters. The zero-order valence-electron chi connectivity index (χ0n) is 23.2. The van der Waals surface area contributed by atoms with E-state index in [9.17, 15) is 15.0 Å². The molecule has 1 fully saturated rings. The van der Waals surface area contributed by atoms with Crippen molar-refractivity contribution in [1.82, 2.24) is 29.7 Å². The molecule has 3 aromatic rings. The van der Waals surface area contributed by atoms with Gasteiger partial charge in [0.15, 0.2) is 17.7 Å². The minimum Gasteiger partial charge on any atom is -0.387 e. The second-order valence-electron chi connectivity index (χ2n) is 11.3. The lowest BCUT2D eigenvalue weighted by Gasteiger charge is -2.30. The summed E-state index contributed by atoms with van der Waals surface area (Å²) in [6.45, 7) is 12.1. The molecular formula is C27H40N8O4. The number of carbonyl (C=O) groups is 1. The van der Waals surface area contributed by atoms with Crippen LogP contribution in [-0.4, -0.2) is 84.7 Å². The third-order valence-electron chi connectivity index (χ3n) is 7.06. The van der Waals surface area contributed by atoms with E-state index in [0.717, 1.165) is 5.69 Å². The van der Waals surface area contributed by atoms with Crippen LogP contribution in [0.5, 0.6) is 0 Å². The highest BCUT2D eigenvalue weighted by molar-refractivity contribution is 5.89. The highest BCUT2D eigenvalue weighted by atomic mass is 16.6. The lowest BCUT2D eigenvalue weighted by atomic mass is 9.87. The number of aliphatic hydroxyl groups is 2. The predicted octanol–water partition coefficient (Wildman–Crippen LogP) is 2.25. The van der Waals surface area contributed by atoms with Crippen LogP contribution >= 0.6 is 0 Å². The number of anilines is 2. The van der Waals surface area contributed by atoms with Crippen molar-refractivity contribution in [1.29, 1.82) is 0 Å². The number of hydrogen-bond donors (Lipinski definition) is 5. The van der Waals surface area contributed by atoms with Crippen LogP contribution < -0.4 is 16.4 Å². The Balaban J connectivity index is 1.27. The highest BCUT2D eigenvalue weighted by Crippen LogP contribution is 2.32. The van der Waals surface area contributed by atoms with E-state index in [2.05, 4.69) is 65.1 Å². The number of aliphatic hydroxyl groups excluding tert-OH is 2. The smallest absolute Gasteiger partial charge is 0.319 e. The molecule has 0 bridgehead atoms. The van der Waals surface area contributed by atoms with E-state index in [1.165, 1.54) is 18.2 Å². The van der Waals surface area contributed by atoms with E-state index in [4.69, 9.17) is 10.5 Å². The molecule has 39 heavy (non-hydrogen) atoms. The minimum atomic E-state index is -1.17. The van der Waals surface area contributed by atoms with Crippen LogP contribution in [0.25, 0.3) is 11.2 Å². The molecule has 2 aromatic heterocycles. The van der Waals surface area contributed by atoms with Crippen molar-refractivity contribution in [3.8, 4) is 0 Å². The molecule has 0 aliphatic carbocycles. The fourth-order valence-electron chi connectivity index (χ4n) is 4.67. The monoisotopic (exact) mass is 540 g/mol.